The molecule has 0 radical (unpaired) electrons. The number of nitrogens with zero attached hydrogens (tertiary/aromatic N) is 3. The molecule has 1 amide bonds. The number of rotatable bonds is 6. The number of hydrogen-bond acceptors (Lipinski definition) is 5. The van der Waals surface area contributed by atoms with Gasteiger partial charge in [0.15, 0.2) is 0 Å². The summed E-state index contributed by atoms with van der Waals surface area (Å²) < 4.78 is 0. The molecular formula is C30H31N5O. The van der Waals surface area contributed by atoms with Crippen LogP contribution in [0.15, 0.2) is 67.4 Å². The lowest BCUT2D eigenvalue weighted by Crippen LogP contribution is -2.43. The number of benzene rings is 2. The number of aromatic nitrogens is 1. The van der Waals surface area contributed by atoms with E-state index in [2.05, 4.69) is 35.1 Å². The Kier molecular flexibility index (Phi) is 7.82. The number of likely N-dealkylation sites (tertiary alicyclic amines) is 1. The van der Waals surface area contributed by atoms with E-state index in [1.165, 1.54) is 0 Å². The zero-order valence-electron chi connectivity index (χ0n) is 20.6. The third-order valence-electron chi connectivity index (χ3n) is 6.55. The van der Waals surface area contributed by atoms with Gasteiger partial charge in [0, 0.05) is 48.1 Å². The van der Waals surface area contributed by atoms with Crippen LogP contribution in [0.25, 0.3) is 23.4 Å². The van der Waals surface area contributed by atoms with Gasteiger partial charge >= 0.3 is 0 Å². The van der Waals surface area contributed by atoms with Gasteiger partial charge < -0.3 is 16.0 Å². The quantitative estimate of drug-likeness (QED) is 0.567. The number of piperidine rings is 1. The van der Waals surface area contributed by atoms with Crippen LogP contribution in [-0.2, 0) is 6.42 Å². The van der Waals surface area contributed by atoms with Crippen LogP contribution in [0.4, 0.5) is 5.69 Å². The van der Waals surface area contributed by atoms with Crippen molar-refractivity contribution in [2.45, 2.75) is 32.2 Å². The summed E-state index contributed by atoms with van der Waals surface area (Å²) in [5.41, 5.74) is 11.7. The fourth-order valence-corrected chi connectivity index (χ4v) is 4.54. The molecule has 6 heteroatoms. The van der Waals surface area contributed by atoms with Gasteiger partial charge in [0.2, 0.25) is 0 Å². The van der Waals surface area contributed by atoms with E-state index < -0.39 is 0 Å². The predicted molar refractivity (Wildman–Crippen MR) is 145 cm³/mol. The van der Waals surface area contributed by atoms with Gasteiger partial charge in [-0.25, -0.2) is 0 Å². The number of carbonyl (C=O) groups is 1. The van der Waals surface area contributed by atoms with Crippen LogP contribution in [0, 0.1) is 18.3 Å². The first-order valence-corrected chi connectivity index (χ1v) is 12.2. The predicted octanol–water partition coefficient (Wildman–Crippen LogP) is 3.50. The summed E-state index contributed by atoms with van der Waals surface area (Å²) in [4.78, 5) is 19.0. The molecule has 0 saturated carbocycles. The second-order valence-corrected chi connectivity index (χ2v) is 9.03. The number of amides is 1. The number of allylic oxidation sites excluding steroid dienone is 1. The summed E-state index contributed by atoms with van der Waals surface area (Å²) in [6.07, 6.45) is 9.06. The van der Waals surface area contributed by atoms with Gasteiger partial charge in [-0.05, 0) is 65.9 Å². The number of hydrogen-bond donors (Lipinski definition) is 2. The molecule has 1 fully saturated rings. The monoisotopic (exact) mass is 477 g/mol. The summed E-state index contributed by atoms with van der Waals surface area (Å²) in [6.45, 7) is 7.13. The molecule has 1 saturated heterocycles. The van der Waals surface area contributed by atoms with Crippen molar-refractivity contribution < 1.29 is 4.79 Å². The van der Waals surface area contributed by atoms with Crippen LogP contribution in [0.2, 0.25) is 0 Å². The minimum Gasteiger partial charge on any atom is -0.404 e. The molecule has 36 heavy (non-hydrogen) atoms. The third-order valence-corrected chi connectivity index (χ3v) is 6.55. The second kappa shape index (κ2) is 11.4. The topological polar surface area (TPSA) is 95.0 Å². The molecule has 1 aliphatic heterocycles. The highest BCUT2D eigenvalue weighted by Crippen LogP contribution is 2.22. The number of carbonyl (C=O) groups excluding carboxylic acids is 1. The van der Waals surface area contributed by atoms with Crippen LogP contribution in [0.3, 0.4) is 0 Å². The molecule has 0 aliphatic carbocycles. The fraction of sp³-hybridized carbons (Fsp3) is 0.233. The van der Waals surface area contributed by atoms with E-state index in [0.717, 1.165) is 51.4 Å². The van der Waals surface area contributed by atoms with Gasteiger partial charge in [-0.2, -0.15) is 5.26 Å². The molecule has 3 aromatic rings. The van der Waals surface area contributed by atoms with Crippen molar-refractivity contribution in [2.24, 2.45) is 5.73 Å². The molecule has 0 atom stereocenters. The average Bonchev–Trinajstić information content (AvgIpc) is 2.90. The van der Waals surface area contributed by atoms with Crippen molar-refractivity contribution >= 4 is 23.9 Å². The number of nitriles is 1. The van der Waals surface area contributed by atoms with Gasteiger partial charge in [-0.3, -0.25) is 9.78 Å². The van der Waals surface area contributed by atoms with Crippen molar-refractivity contribution in [1.82, 2.24) is 9.88 Å². The molecule has 1 aliphatic rings. The molecule has 0 bridgehead atoms. The van der Waals surface area contributed by atoms with E-state index in [-0.39, 0.29) is 11.9 Å². The zero-order chi connectivity index (χ0) is 25.5. The highest BCUT2D eigenvalue weighted by atomic mass is 16.2. The molecule has 4 rings (SSSR count). The Hall–Kier alpha value is -4.37. The Morgan fingerprint density at radius 2 is 1.94 bits per heavy atom. The second-order valence-electron chi connectivity index (χ2n) is 9.03. The molecule has 6 nitrogen and oxygen atoms in total. The van der Waals surface area contributed by atoms with Crippen molar-refractivity contribution in [2.75, 3.05) is 18.4 Å². The van der Waals surface area contributed by atoms with Crippen molar-refractivity contribution in [3.8, 4) is 17.2 Å². The standard InChI is InChI=1S/C30H31N5O/c1-3-4-24-17-26(23-9-6-22(7-10-23)11-14-31)18-29(28(24)19-32)34-27-12-15-35(16-13-27)30(36)25-8-5-21(2)33-20-25/h3-10,17-20,27,34H,1,11-13,15-16,32H2,2H3/b24-4-,28-19+. The molecule has 2 heterocycles. The molecule has 0 spiro atoms. The molecule has 2 aromatic carbocycles. The molecule has 3 N–H and O–H groups in total. The van der Waals surface area contributed by atoms with E-state index in [1.807, 2.05) is 54.3 Å². The summed E-state index contributed by atoms with van der Waals surface area (Å²) in [5, 5.41) is 14.5. The fourth-order valence-electron chi connectivity index (χ4n) is 4.54. The van der Waals surface area contributed by atoms with E-state index in [1.54, 1.807) is 18.5 Å². The van der Waals surface area contributed by atoms with Crippen molar-refractivity contribution in [3.05, 3.63) is 94.6 Å². The normalized spacial score (nSPS) is 14.9. The Morgan fingerprint density at radius 3 is 2.56 bits per heavy atom. The zero-order valence-corrected chi connectivity index (χ0v) is 20.6. The minimum absolute atomic E-state index is 0.0293. The maximum Gasteiger partial charge on any atom is 0.255 e. The lowest BCUT2D eigenvalue weighted by molar-refractivity contribution is 0.0718. The first-order chi connectivity index (χ1) is 17.5. The maximum atomic E-state index is 12.9. The van der Waals surface area contributed by atoms with Crippen LogP contribution in [0.1, 0.15) is 34.5 Å². The van der Waals surface area contributed by atoms with E-state index in [4.69, 9.17) is 11.0 Å². The number of anilines is 1. The van der Waals surface area contributed by atoms with Crippen LogP contribution >= 0.6 is 0 Å². The smallest absolute Gasteiger partial charge is 0.255 e. The van der Waals surface area contributed by atoms with Crippen molar-refractivity contribution in [1.29, 1.82) is 5.26 Å². The van der Waals surface area contributed by atoms with Crippen LogP contribution in [-0.4, -0.2) is 34.9 Å². The number of pyridine rings is 1. The van der Waals surface area contributed by atoms with Gasteiger partial charge in [-0.15, -0.1) is 0 Å². The Morgan fingerprint density at radius 1 is 1.19 bits per heavy atom. The number of nitrogens with two attached hydrogens (primary N) is 1. The average molecular weight is 478 g/mol. The lowest BCUT2D eigenvalue weighted by atomic mass is 9.99. The van der Waals surface area contributed by atoms with Gasteiger partial charge in [0.25, 0.3) is 5.91 Å². The minimum atomic E-state index is 0.0293. The summed E-state index contributed by atoms with van der Waals surface area (Å²) in [5.74, 6) is 0.0293. The highest BCUT2D eigenvalue weighted by Gasteiger charge is 2.24. The van der Waals surface area contributed by atoms with Gasteiger partial charge in [-0.1, -0.05) is 43.0 Å². The molecule has 0 unspecified atom stereocenters. The Balaban J connectivity index is 1.55. The number of nitrogens with one attached hydrogen (secondary N) is 1. The maximum absolute atomic E-state index is 12.9. The van der Waals surface area contributed by atoms with Crippen LogP contribution < -0.4 is 21.5 Å². The van der Waals surface area contributed by atoms with Gasteiger partial charge in [0.1, 0.15) is 0 Å². The Bertz CT molecular complexity index is 1390. The lowest BCUT2D eigenvalue weighted by Gasteiger charge is -2.33. The first kappa shape index (κ1) is 24.7. The third kappa shape index (κ3) is 5.64. The summed E-state index contributed by atoms with van der Waals surface area (Å²) >= 11 is 0. The van der Waals surface area contributed by atoms with Crippen molar-refractivity contribution in [3.63, 3.8) is 0 Å². The van der Waals surface area contributed by atoms with E-state index in [0.29, 0.717) is 25.1 Å². The molecular weight excluding hydrogens is 446 g/mol. The van der Waals surface area contributed by atoms with Gasteiger partial charge in [0.05, 0.1) is 18.1 Å². The SMILES string of the molecule is C=C/C=c1/cc(-c2ccc(CC#N)cc2)cc(NC2CCN(C(=O)c3ccc(C)nc3)CC2)/c1=C/N. The van der Waals surface area contributed by atoms with Crippen LogP contribution in [0.5, 0.6) is 0 Å². The summed E-state index contributed by atoms with van der Waals surface area (Å²) in [6, 6.07) is 18.4. The Labute approximate surface area is 212 Å². The molecule has 182 valence electrons. The largest absolute Gasteiger partial charge is 0.404 e. The summed E-state index contributed by atoms with van der Waals surface area (Å²) in [7, 11) is 0. The highest BCUT2D eigenvalue weighted by molar-refractivity contribution is 5.94. The molecule has 1 aromatic heterocycles. The van der Waals surface area contributed by atoms with E-state index >= 15 is 0 Å². The van der Waals surface area contributed by atoms with E-state index in [9.17, 15) is 4.79 Å². The first-order valence-electron chi connectivity index (χ1n) is 12.2. The number of aryl methyl sites for hydroxylation is 1.